The van der Waals surface area contributed by atoms with Crippen LogP contribution >= 0.6 is 0 Å². The summed E-state index contributed by atoms with van der Waals surface area (Å²) in [4.78, 5) is 30.8. The van der Waals surface area contributed by atoms with Gasteiger partial charge < -0.3 is 21.5 Å². The molecule has 1 rings (SSSR count). The van der Waals surface area contributed by atoms with Crippen LogP contribution in [-0.2, 0) is 20.6 Å². The molecular formula is C19H22F9N3O4. The van der Waals surface area contributed by atoms with Crippen molar-refractivity contribution in [2.75, 3.05) is 18.5 Å². The molecule has 0 fully saturated rings. The number of aliphatic hydroxyl groups is 1. The first-order chi connectivity index (χ1) is 15.7. The van der Waals surface area contributed by atoms with Gasteiger partial charge in [-0.1, -0.05) is 13.8 Å². The minimum atomic E-state index is -5.77. The number of aliphatic hydroxyl groups excluding tert-OH is 1. The van der Waals surface area contributed by atoms with E-state index >= 15 is 0 Å². The van der Waals surface area contributed by atoms with Crippen LogP contribution in [0.4, 0.5) is 45.2 Å². The van der Waals surface area contributed by atoms with Crippen molar-refractivity contribution < 1.29 is 59.0 Å². The van der Waals surface area contributed by atoms with Crippen LogP contribution in [0.1, 0.15) is 19.4 Å². The number of hydrogen-bond acceptors (Lipinski definition) is 6. The van der Waals surface area contributed by atoms with Crippen molar-refractivity contribution in [3.63, 3.8) is 0 Å². The highest BCUT2D eigenvalue weighted by molar-refractivity contribution is 6.41. The predicted octanol–water partition coefficient (Wildman–Crippen LogP) is 2.83. The number of anilines is 1. The second kappa shape index (κ2) is 12.7. The Morgan fingerprint density at radius 3 is 1.63 bits per heavy atom. The van der Waals surface area contributed by atoms with Gasteiger partial charge in [-0.25, -0.2) is 0 Å². The zero-order valence-corrected chi connectivity index (χ0v) is 18.1. The maximum absolute atomic E-state index is 12.5. The molecule has 16 heteroatoms. The van der Waals surface area contributed by atoms with Gasteiger partial charge in [0.25, 0.3) is 0 Å². The summed E-state index contributed by atoms with van der Waals surface area (Å²) in [5.41, 5.74) is 5.21. The predicted molar refractivity (Wildman–Crippen MR) is 104 cm³/mol. The molecule has 0 bridgehead atoms. The average Bonchev–Trinajstić information content (AvgIpc) is 2.73. The minimum Gasteiger partial charge on any atom is -0.394 e. The second-order valence-electron chi connectivity index (χ2n) is 7.26. The zero-order valence-electron chi connectivity index (χ0n) is 18.1. The van der Waals surface area contributed by atoms with Gasteiger partial charge in [0.1, 0.15) is 6.04 Å². The lowest BCUT2D eigenvalue weighted by molar-refractivity contribution is -0.193. The van der Waals surface area contributed by atoms with E-state index in [0.29, 0.717) is 5.69 Å². The second-order valence-corrected chi connectivity index (χ2v) is 7.26. The molecule has 200 valence electrons. The van der Waals surface area contributed by atoms with Crippen molar-refractivity contribution in [3.8, 4) is 0 Å². The number of ketones is 2. The Labute approximate surface area is 192 Å². The number of alkyl halides is 9. The number of nitrogens with one attached hydrogen (secondary N) is 2. The fourth-order valence-electron chi connectivity index (χ4n) is 2.10. The largest absolute Gasteiger partial charge is 0.458 e. The van der Waals surface area contributed by atoms with Crippen LogP contribution in [-0.4, -0.2) is 60.2 Å². The SMILES string of the molecule is CC(C)[C@H](CNC(=O)[C@@H](N)CO)Nc1ccc(C(F)(F)F)cc1.O=C(C(=O)C(F)(F)F)C(F)(F)F. The van der Waals surface area contributed by atoms with Crippen LogP contribution in [0.3, 0.4) is 0 Å². The van der Waals surface area contributed by atoms with Crippen molar-refractivity contribution in [2.24, 2.45) is 11.7 Å². The molecule has 0 saturated heterocycles. The Kier molecular flexibility index (Phi) is 11.7. The number of carbonyl (C=O) groups is 3. The van der Waals surface area contributed by atoms with Crippen molar-refractivity contribution in [2.45, 2.75) is 44.5 Å². The molecule has 0 unspecified atom stereocenters. The Bertz CT molecular complexity index is 827. The summed E-state index contributed by atoms with van der Waals surface area (Å²) < 4.78 is 105. The van der Waals surface area contributed by atoms with E-state index in [0.717, 1.165) is 12.1 Å². The zero-order chi connectivity index (χ0) is 27.8. The minimum absolute atomic E-state index is 0.114. The lowest BCUT2D eigenvalue weighted by atomic mass is 10.0. The highest BCUT2D eigenvalue weighted by Gasteiger charge is 2.54. The standard InChI is InChI=1S/C15H22F3N3O2.C4F6O2/c1-9(2)13(7-20-14(23)12(19)8-22)21-11-5-3-10(4-6-11)15(16,17)18;5-3(6,7)1(11)2(12)4(8,9)10/h3-6,9,12-13,21-22H,7-8,19H2,1-2H3,(H,20,23);/t12-,13-;/m0./s1. The average molecular weight is 527 g/mol. The van der Waals surface area contributed by atoms with E-state index in [1.54, 1.807) is 0 Å². The lowest BCUT2D eigenvalue weighted by Gasteiger charge is -2.24. The van der Waals surface area contributed by atoms with E-state index in [-0.39, 0.29) is 18.5 Å². The summed E-state index contributed by atoms with van der Waals surface area (Å²) in [7, 11) is 0. The summed E-state index contributed by atoms with van der Waals surface area (Å²) in [5, 5.41) is 14.5. The first kappa shape index (κ1) is 32.1. The number of nitrogens with two attached hydrogens (primary N) is 1. The number of benzene rings is 1. The fraction of sp³-hybridized carbons (Fsp3) is 0.526. The van der Waals surface area contributed by atoms with Gasteiger partial charge in [-0.3, -0.25) is 14.4 Å². The highest BCUT2D eigenvalue weighted by Crippen LogP contribution is 2.30. The van der Waals surface area contributed by atoms with Gasteiger partial charge in [0, 0.05) is 18.3 Å². The highest BCUT2D eigenvalue weighted by atomic mass is 19.4. The van der Waals surface area contributed by atoms with Crippen LogP contribution in [0.2, 0.25) is 0 Å². The van der Waals surface area contributed by atoms with Crippen molar-refractivity contribution >= 4 is 23.2 Å². The van der Waals surface area contributed by atoms with Crippen molar-refractivity contribution in [1.29, 1.82) is 0 Å². The summed E-state index contributed by atoms with van der Waals surface area (Å²) in [6, 6.07) is 3.51. The van der Waals surface area contributed by atoms with Gasteiger partial charge in [0.05, 0.1) is 12.2 Å². The third-order valence-electron chi connectivity index (χ3n) is 4.12. The van der Waals surface area contributed by atoms with E-state index in [1.165, 1.54) is 12.1 Å². The number of carbonyl (C=O) groups excluding carboxylic acids is 3. The quantitative estimate of drug-likeness (QED) is 0.305. The van der Waals surface area contributed by atoms with Crippen LogP contribution in [0, 0.1) is 5.92 Å². The fourth-order valence-corrected chi connectivity index (χ4v) is 2.10. The summed E-state index contributed by atoms with van der Waals surface area (Å²) in [6.07, 6.45) is -15.9. The van der Waals surface area contributed by atoms with E-state index in [1.807, 2.05) is 13.8 Å². The summed E-state index contributed by atoms with van der Waals surface area (Å²) in [6.45, 7) is 3.62. The molecule has 1 amide bonds. The van der Waals surface area contributed by atoms with Gasteiger partial charge in [0.2, 0.25) is 5.91 Å². The van der Waals surface area contributed by atoms with Crippen LogP contribution in [0.15, 0.2) is 24.3 Å². The number of halogens is 9. The van der Waals surface area contributed by atoms with Crippen molar-refractivity contribution in [3.05, 3.63) is 29.8 Å². The van der Waals surface area contributed by atoms with Gasteiger partial charge >= 0.3 is 30.1 Å². The van der Waals surface area contributed by atoms with Gasteiger partial charge in [0.15, 0.2) is 0 Å². The van der Waals surface area contributed by atoms with E-state index in [4.69, 9.17) is 10.8 Å². The Balaban J connectivity index is 0.000000814. The molecule has 0 spiro atoms. The third-order valence-corrected chi connectivity index (χ3v) is 4.12. The maximum atomic E-state index is 12.5. The smallest absolute Gasteiger partial charge is 0.394 e. The molecule has 0 aromatic heterocycles. The third kappa shape index (κ3) is 11.4. The number of Topliss-reactive ketones (excluding diaryl/α,β-unsaturated/α-hetero) is 2. The molecule has 5 N–H and O–H groups in total. The van der Waals surface area contributed by atoms with Crippen LogP contribution in [0.25, 0.3) is 0 Å². The topological polar surface area (TPSA) is 122 Å². The first-order valence-electron chi connectivity index (χ1n) is 9.52. The first-order valence-corrected chi connectivity index (χ1v) is 9.52. The molecule has 0 saturated carbocycles. The summed E-state index contributed by atoms with van der Waals surface area (Å²) >= 11 is 0. The normalized spacial score (nSPS) is 13.9. The Hall–Kier alpha value is -2.88. The van der Waals surface area contributed by atoms with Gasteiger partial charge in [-0.15, -0.1) is 0 Å². The lowest BCUT2D eigenvalue weighted by Crippen LogP contribution is -2.47. The number of hydrogen-bond donors (Lipinski definition) is 4. The molecular weight excluding hydrogens is 505 g/mol. The van der Waals surface area contributed by atoms with E-state index in [2.05, 4.69) is 10.6 Å². The summed E-state index contributed by atoms with van der Waals surface area (Å²) in [5.74, 6) is -7.18. The molecule has 35 heavy (non-hydrogen) atoms. The van der Waals surface area contributed by atoms with Crippen molar-refractivity contribution in [1.82, 2.24) is 5.32 Å². The number of amides is 1. The van der Waals surface area contributed by atoms with Gasteiger partial charge in [-0.05, 0) is 30.2 Å². The van der Waals surface area contributed by atoms with Gasteiger partial charge in [-0.2, -0.15) is 39.5 Å². The van der Waals surface area contributed by atoms with Crippen LogP contribution < -0.4 is 16.4 Å². The molecule has 0 heterocycles. The molecule has 0 radical (unpaired) electrons. The Morgan fingerprint density at radius 1 is 0.886 bits per heavy atom. The van der Waals surface area contributed by atoms with E-state index < -0.39 is 54.2 Å². The molecule has 0 aliphatic rings. The van der Waals surface area contributed by atoms with Crippen LogP contribution in [0.5, 0.6) is 0 Å². The monoisotopic (exact) mass is 527 g/mol. The molecule has 0 aliphatic carbocycles. The Morgan fingerprint density at radius 2 is 1.31 bits per heavy atom. The maximum Gasteiger partial charge on any atom is 0.458 e. The molecule has 1 aromatic carbocycles. The number of rotatable bonds is 8. The molecule has 1 aromatic rings. The molecule has 7 nitrogen and oxygen atoms in total. The molecule has 2 atom stereocenters. The molecule has 0 aliphatic heterocycles. The van der Waals surface area contributed by atoms with E-state index in [9.17, 15) is 53.9 Å².